The molecule has 0 aromatic heterocycles. The molecule has 0 aliphatic heterocycles. The average Bonchev–Trinajstić information content (AvgIpc) is 3.02. The van der Waals surface area contributed by atoms with Crippen LogP contribution < -0.4 is 20.1 Å². The Morgan fingerprint density at radius 1 is 0.714 bits per heavy atom. The van der Waals surface area contributed by atoms with Gasteiger partial charge in [0.15, 0.2) is 0 Å². The first-order chi connectivity index (χ1) is 20.5. The lowest BCUT2D eigenvalue weighted by Crippen LogP contribution is -2.40. The molecule has 42 heavy (non-hydrogen) atoms. The van der Waals surface area contributed by atoms with Crippen molar-refractivity contribution >= 4 is 12.0 Å². The fourth-order valence-electron chi connectivity index (χ4n) is 4.06. The number of benzene rings is 4. The fraction of sp³-hybridized carbons (Fsp3) is 0.235. The van der Waals surface area contributed by atoms with Gasteiger partial charge < -0.3 is 29.7 Å². The van der Waals surface area contributed by atoms with Crippen LogP contribution in [-0.4, -0.2) is 44.1 Å². The lowest BCUT2D eigenvalue weighted by molar-refractivity contribution is -0.123. The maximum atomic E-state index is 13.4. The number of ether oxygens (including phenoxy) is 3. The minimum Gasteiger partial charge on any atom is -0.492 e. The predicted molar refractivity (Wildman–Crippen MR) is 162 cm³/mol. The highest BCUT2D eigenvalue weighted by Crippen LogP contribution is 2.20. The van der Waals surface area contributed by atoms with Crippen LogP contribution in [0.5, 0.6) is 11.5 Å². The van der Waals surface area contributed by atoms with Crippen LogP contribution in [0.15, 0.2) is 109 Å². The molecule has 2 N–H and O–H groups in total. The van der Waals surface area contributed by atoms with Crippen molar-refractivity contribution in [2.75, 3.05) is 27.2 Å². The van der Waals surface area contributed by atoms with Crippen LogP contribution in [0.1, 0.15) is 28.3 Å². The van der Waals surface area contributed by atoms with E-state index in [-0.39, 0.29) is 19.1 Å². The van der Waals surface area contributed by atoms with Gasteiger partial charge in [0.25, 0.3) is 0 Å². The summed E-state index contributed by atoms with van der Waals surface area (Å²) in [4.78, 5) is 28.2. The molecule has 0 unspecified atom stereocenters. The Morgan fingerprint density at radius 3 is 2.02 bits per heavy atom. The second kappa shape index (κ2) is 15.8. The number of likely N-dealkylation sites (N-methyl/N-ethyl adjacent to an activating group) is 1. The molecule has 0 radical (unpaired) electrons. The van der Waals surface area contributed by atoms with Gasteiger partial charge in [0.05, 0.1) is 0 Å². The van der Waals surface area contributed by atoms with E-state index in [0.717, 1.165) is 29.0 Å². The van der Waals surface area contributed by atoms with Crippen molar-refractivity contribution in [3.8, 4) is 11.5 Å². The van der Waals surface area contributed by atoms with Crippen molar-refractivity contribution in [2.24, 2.45) is 0 Å². The van der Waals surface area contributed by atoms with Crippen molar-refractivity contribution in [2.45, 2.75) is 25.8 Å². The molecule has 0 heterocycles. The predicted octanol–water partition coefficient (Wildman–Crippen LogP) is 5.49. The third-order valence-electron chi connectivity index (χ3n) is 6.37. The maximum absolute atomic E-state index is 13.4. The second-order valence-corrected chi connectivity index (χ2v) is 10.00. The standard InChI is InChI=1S/C34H37N3O5/c1-37(2)20-21-40-31-15-9-14-28(22-31)23-35-33(38)32(36-34(39)42-25-27-12-7-4-8-13-27)29-16-18-30(19-17-29)41-24-26-10-5-3-6-11-26/h3-19,22,32H,20-21,23-25H2,1-2H3,(H,35,38)(H,36,39)/t32-/m0/s1. The van der Waals surface area contributed by atoms with Gasteiger partial charge in [-0.25, -0.2) is 4.79 Å². The van der Waals surface area contributed by atoms with Crippen molar-refractivity contribution < 1.29 is 23.8 Å². The molecule has 0 saturated carbocycles. The second-order valence-electron chi connectivity index (χ2n) is 10.00. The largest absolute Gasteiger partial charge is 0.492 e. The Bertz CT molecular complexity index is 1400. The topological polar surface area (TPSA) is 89.1 Å². The molecule has 1 atom stereocenters. The molecule has 0 aliphatic carbocycles. The van der Waals surface area contributed by atoms with Gasteiger partial charge in [0.2, 0.25) is 5.91 Å². The average molecular weight is 568 g/mol. The van der Waals surface area contributed by atoms with Crippen LogP contribution in [0, 0.1) is 0 Å². The van der Waals surface area contributed by atoms with Crippen molar-refractivity contribution in [1.29, 1.82) is 0 Å². The molecular formula is C34H37N3O5. The van der Waals surface area contributed by atoms with E-state index in [9.17, 15) is 9.59 Å². The Hall–Kier alpha value is -4.82. The van der Waals surface area contributed by atoms with Gasteiger partial charge in [-0.3, -0.25) is 4.79 Å². The number of hydrogen-bond acceptors (Lipinski definition) is 6. The molecule has 0 spiro atoms. The molecule has 0 aliphatic rings. The van der Waals surface area contributed by atoms with Crippen LogP contribution in [0.3, 0.4) is 0 Å². The summed E-state index contributed by atoms with van der Waals surface area (Å²) in [5, 5.41) is 5.66. The quantitative estimate of drug-likeness (QED) is 0.210. The number of rotatable bonds is 14. The van der Waals surface area contributed by atoms with Gasteiger partial charge in [0.1, 0.15) is 37.4 Å². The summed E-state index contributed by atoms with van der Waals surface area (Å²) in [6.07, 6.45) is -0.695. The first-order valence-corrected chi connectivity index (χ1v) is 13.8. The Labute approximate surface area is 247 Å². The smallest absolute Gasteiger partial charge is 0.408 e. The fourth-order valence-corrected chi connectivity index (χ4v) is 4.06. The van der Waals surface area contributed by atoms with E-state index in [4.69, 9.17) is 14.2 Å². The molecule has 0 saturated heterocycles. The van der Waals surface area contributed by atoms with Crippen LogP contribution in [-0.2, 0) is 29.3 Å². The summed E-state index contributed by atoms with van der Waals surface area (Å²) < 4.78 is 17.1. The van der Waals surface area contributed by atoms with Crippen LogP contribution in [0.4, 0.5) is 4.79 Å². The van der Waals surface area contributed by atoms with Gasteiger partial charge in [-0.15, -0.1) is 0 Å². The first kappa shape index (κ1) is 30.1. The summed E-state index contributed by atoms with van der Waals surface area (Å²) in [7, 11) is 3.98. The zero-order valence-corrected chi connectivity index (χ0v) is 24.0. The van der Waals surface area contributed by atoms with E-state index in [1.165, 1.54) is 0 Å². The number of carbonyl (C=O) groups excluding carboxylic acids is 2. The van der Waals surface area contributed by atoms with Gasteiger partial charge in [-0.2, -0.15) is 0 Å². The van der Waals surface area contributed by atoms with E-state index in [2.05, 4.69) is 10.6 Å². The molecular weight excluding hydrogens is 530 g/mol. The SMILES string of the molecule is CN(C)CCOc1cccc(CNC(=O)[C@@H](NC(=O)OCc2ccccc2)c2ccc(OCc3ccccc3)cc2)c1. The number of nitrogens with one attached hydrogen (secondary N) is 2. The van der Waals surface area contributed by atoms with Gasteiger partial charge >= 0.3 is 6.09 Å². The number of carbonyl (C=O) groups is 2. The molecule has 8 heteroatoms. The summed E-state index contributed by atoms with van der Waals surface area (Å²) in [5.74, 6) is 1.01. The van der Waals surface area contributed by atoms with Crippen molar-refractivity contribution in [3.05, 3.63) is 131 Å². The number of nitrogens with zero attached hydrogens (tertiary/aromatic N) is 1. The first-order valence-electron chi connectivity index (χ1n) is 13.8. The molecule has 0 bridgehead atoms. The molecule has 218 valence electrons. The molecule has 2 amide bonds. The van der Waals surface area contributed by atoms with Crippen LogP contribution in [0.2, 0.25) is 0 Å². The van der Waals surface area contributed by atoms with Gasteiger partial charge in [-0.05, 0) is 60.6 Å². The third-order valence-corrected chi connectivity index (χ3v) is 6.37. The Kier molecular flexibility index (Phi) is 11.4. The zero-order chi connectivity index (χ0) is 29.6. The molecule has 8 nitrogen and oxygen atoms in total. The van der Waals surface area contributed by atoms with E-state index in [1.807, 2.05) is 104 Å². The molecule has 4 aromatic rings. The lowest BCUT2D eigenvalue weighted by Gasteiger charge is -2.19. The summed E-state index contributed by atoms with van der Waals surface area (Å²) in [5.41, 5.74) is 3.37. The normalized spacial score (nSPS) is 11.4. The molecule has 4 aromatic carbocycles. The highest BCUT2D eigenvalue weighted by Gasteiger charge is 2.24. The third kappa shape index (κ3) is 9.98. The van der Waals surface area contributed by atoms with E-state index >= 15 is 0 Å². The van der Waals surface area contributed by atoms with Gasteiger partial charge in [0, 0.05) is 13.1 Å². The Morgan fingerprint density at radius 2 is 1.36 bits per heavy atom. The number of amides is 2. The maximum Gasteiger partial charge on any atom is 0.408 e. The zero-order valence-electron chi connectivity index (χ0n) is 24.0. The highest BCUT2D eigenvalue weighted by molar-refractivity contribution is 5.86. The lowest BCUT2D eigenvalue weighted by atomic mass is 10.1. The van der Waals surface area contributed by atoms with Crippen molar-refractivity contribution in [3.63, 3.8) is 0 Å². The van der Waals surface area contributed by atoms with E-state index in [0.29, 0.717) is 24.5 Å². The summed E-state index contributed by atoms with van der Waals surface area (Å²) >= 11 is 0. The monoisotopic (exact) mass is 567 g/mol. The summed E-state index contributed by atoms with van der Waals surface area (Å²) in [6, 6.07) is 32.9. The highest BCUT2D eigenvalue weighted by atomic mass is 16.5. The van der Waals surface area contributed by atoms with Crippen molar-refractivity contribution in [1.82, 2.24) is 15.5 Å². The number of hydrogen-bond donors (Lipinski definition) is 2. The minimum atomic E-state index is -0.976. The molecule has 4 rings (SSSR count). The van der Waals surface area contributed by atoms with E-state index in [1.54, 1.807) is 24.3 Å². The number of alkyl carbamates (subject to hydrolysis) is 1. The molecule has 0 fully saturated rings. The Balaban J connectivity index is 1.41. The van der Waals surface area contributed by atoms with E-state index < -0.39 is 12.1 Å². The van der Waals surface area contributed by atoms with Crippen LogP contribution >= 0.6 is 0 Å². The van der Waals surface area contributed by atoms with Gasteiger partial charge in [-0.1, -0.05) is 84.9 Å². The minimum absolute atomic E-state index is 0.0912. The van der Waals surface area contributed by atoms with Crippen LogP contribution in [0.25, 0.3) is 0 Å². The summed E-state index contributed by atoms with van der Waals surface area (Å²) in [6.45, 7) is 2.13.